The van der Waals surface area contributed by atoms with E-state index in [1.807, 2.05) is 10.8 Å². The fourth-order valence-electron chi connectivity index (χ4n) is 3.82. The van der Waals surface area contributed by atoms with Gasteiger partial charge >= 0.3 is 5.97 Å². The molecule has 21 heavy (non-hydrogen) atoms. The molecular formula is C16H25N3O2. The largest absolute Gasteiger partial charge is 0.480 e. The molecule has 0 spiro atoms. The van der Waals surface area contributed by atoms with Crippen LogP contribution in [0.4, 0.5) is 0 Å². The van der Waals surface area contributed by atoms with Crippen LogP contribution in [0.25, 0.3) is 0 Å². The predicted octanol–water partition coefficient (Wildman–Crippen LogP) is 2.26. The summed E-state index contributed by atoms with van der Waals surface area (Å²) in [5.41, 5.74) is 1.07. The average Bonchev–Trinajstić information content (AvgIpc) is 2.89. The molecule has 2 aliphatic rings. The van der Waals surface area contributed by atoms with Crippen LogP contribution in [-0.4, -0.2) is 44.7 Å². The Bertz CT molecular complexity index is 512. The van der Waals surface area contributed by atoms with Crippen LogP contribution in [0.3, 0.4) is 0 Å². The first-order valence-electron chi connectivity index (χ1n) is 8.22. The van der Waals surface area contributed by atoms with Crippen molar-refractivity contribution in [3.05, 3.63) is 17.7 Å². The second kappa shape index (κ2) is 6.18. The molecule has 1 aromatic heterocycles. The molecule has 0 aromatic carbocycles. The third-order valence-corrected chi connectivity index (χ3v) is 4.96. The van der Waals surface area contributed by atoms with Gasteiger partial charge < -0.3 is 14.6 Å². The Balaban J connectivity index is 1.76. The third kappa shape index (κ3) is 2.98. The van der Waals surface area contributed by atoms with Crippen LogP contribution in [0, 0.1) is 0 Å². The van der Waals surface area contributed by atoms with Gasteiger partial charge in [0.1, 0.15) is 11.9 Å². The zero-order valence-corrected chi connectivity index (χ0v) is 12.8. The number of carboxylic acid groups (broad SMARTS) is 1. The maximum Gasteiger partial charge on any atom is 0.326 e. The van der Waals surface area contributed by atoms with Gasteiger partial charge in [0.25, 0.3) is 0 Å². The van der Waals surface area contributed by atoms with Crippen molar-refractivity contribution in [1.82, 2.24) is 14.5 Å². The lowest BCUT2D eigenvalue weighted by molar-refractivity contribution is -0.141. The molecule has 2 atom stereocenters. The second-order valence-corrected chi connectivity index (χ2v) is 6.28. The van der Waals surface area contributed by atoms with Crippen LogP contribution in [-0.2, 0) is 17.6 Å². The number of rotatable bonds is 4. The molecule has 1 fully saturated rings. The lowest BCUT2D eigenvalue weighted by atomic mass is 9.98. The minimum atomic E-state index is -0.729. The Kier molecular flexibility index (Phi) is 4.29. The molecule has 0 bridgehead atoms. The number of aliphatic carboxylic acids is 1. The summed E-state index contributed by atoms with van der Waals surface area (Å²) in [6.07, 6.45) is 9.35. The molecular weight excluding hydrogens is 266 g/mol. The Morgan fingerprint density at radius 1 is 1.38 bits per heavy atom. The molecule has 0 saturated carbocycles. The molecule has 3 heterocycles. The highest BCUT2D eigenvalue weighted by atomic mass is 16.4. The van der Waals surface area contributed by atoms with Crippen molar-refractivity contribution < 1.29 is 9.90 Å². The Labute approximate surface area is 126 Å². The number of likely N-dealkylation sites (N-methyl/N-ethyl adjacent to an activating group) is 1. The van der Waals surface area contributed by atoms with E-state index in [0.29, 0.717) is 6.04 Å². The van der Waals surface area contributed by atoms with Gasteiger partial charge in [-0.2, -0.15) is 0 Å². The summed E-state index contributed by atoms with van der Waals surface area (Å²) in [6.45, 7) is 4.50. The summed E-state index contributed by atoms with van der Waals surface area (Å²) in [7, 11) is 0. The number of hydrogen-bond donors (Lipinski definition) is 1. The van der Waals surface area contributed by atoms with E-state index < -0.39 is 12.0 Å². The summed E-state index contributed by atoms with van der Waals surface area (Å²) in [5.74, 6) is 0.232. The van der Waals surface area contributed by atoms with E-state index >= 15 is 0 Å². The van der Waals surface area contributed by atoms with Crippen molar-refractivity contribution in [2.24, 2.45) is 0 Å². The van der Waals surface area contributed by atoms with E-state index in [-0.39, 0.29) is 0 Å². The van der Waals surface area contributed by atoms with Gasteiger partial charge in [-0.25, -0.2) is 9.78 Å². The highest BCUT2D eigenvalue weighted by Gasteiger charge is 2.28. The average molecular weight is 291 g/mol. The highest BCUT2D eigenvalue weighted by molar-refractivity contribution is 5.72. The molecule has 0 amide bonds. The van der Waals surface area contributed by atoms with Crippen LogP contribution >= 0.6 is 0 Å². The van der Waals surface area contributed by atoms with Crippen molar-refractivity contribution in [2.45, 2.75) is 64.0 Å². The van der Waals surface area contributed by atoms with E-state index in [2.05, 4.69) is 11.8 Å². The van der Waals surface area contributed by atoms with E-state index in [0.717, 1.165) is 43.7 Å². The maximum absolute atomic E-state index is 11.4. The molecule has 2 aliphatic heterocycles. The van der Waals surface area contributed by atoms with E-state index in [4.69, 9.17) is 4.98 Å². The second-order valence-electron chi connectivity index (χ2n) is 6.28. The van der Waals surface area contributed by atoms with E-state index in [1.165, 1.54) is 25.8 Å². The van der Waals surface area contributed by atoms with Gasteiger partial charge in [0, 0.05) is 25.1 Å². The lowest BCUT2D eigenvalue weighted by Crippen LogP contribution is -2.40. The number of likely N-dealkylation sites (tertiary alicyclic amines) is 1. The van der Waals surface area contributed by atoms with Gasteiger partial charge in [-0.1, -0.05) is 13.3 Å². The van der Waals surface area contributed by atoms with Gasteiger partial charge in [-0.05, 0) is 38.8 Å². The van der Waals surface area contributed by atoms with Gasteiger partial charge in [0.05, 0.1) is 5.69 Å². The normalized spacial score (nSPS) is 26.5. The van der Waals surface area contributed by atoms with Crippen molar-refractivity contribution in [3.8, 4) is 0 Å². The number of hydrogen-bond acceptors (Lipinski definition) is 3. The topological polar surface area (TPSA) is 58.4 Å². The molecule has 3 rings (SSSR count). The number of fused-ring (bicyclic) bond motifs is 1. The number of carboxylic acids is 1. The molecule has 0 aliphatic carbocycles. The summed E-state index contributed by atoms with van der Waals surface area (Å²) in [4.78, 5) is 18.6. The first kappa shape index (κ1) is 14.6. The highest BCUT2D eigenvalue weighted by Crippen LogP contribution is 2.27. The molecule has 1 aromatic rings. The maximum atomic E-state index is 11.4. The smallest absolute Gasteiger partial charge is 0.326 e. The van der Waals surface area contributed by atoms with Crippen LogP contribution in [0.2, 0.25) is 0 Å². The standard InChI is InChI=1S/C16H25N3O2/c1-2-18-9-4-3-6-13(18)10-12-11-19-14(16(20)21)7-5-8-15(19)17-12/h11,13-14H,2-10H2,1H3,(H,20,21). The van der Waals surface area contributed by atoms with Crippen LogP contribution < -0.4 is 0 Å². The Hall–Kier alpha value is -1.36. The van der Waals surface area contributed by atoms with E-state index in [9.17, 15) is 9.90 Å². The molecule has 2 unspecified atom stereocenters. The SMILES string of the molecule is CCN1CCCCC1Cc1cn2c(n1)CCCC2C(=O)O. The minimum absolute atomic E-state index is 0.413. The molecule has 116 valence electrons. The van der Waals surface area contributed by atoms with Crippen LogP contribution in [0.1, 0.15) is 56.6 Å². The van der Waals surface area contributed by atoms with Gasteiger partial charge in [-0.15, -0.1) is 0 Å². The third-order valence-electron chi connectivity index (χ3n) is 4.96. The van der Waals surface area contributed by atoms with E-state index in [1.54, 1.807) is 0 Å². The van der Waals surface area contributed by atoms with Crippen LogP contribution in [0.15, 0.2) is 6.20 Å². The monoisotopic (exact) mass is 291 g/mol. The number of piperidine rings is 1. The first-order valence-corrected chi connectivity index (χ1v) is 8.22. The molecule has 1 N–H and O–H groups in total. The van der Waals surface area contributed by atoms with Crippen molar-refractivity contribution in [3.63, 3.8) is 0 Å². The minimum Gasteiger partial charge on any atom is -0.480 e. The number of nitrogens with zero attached hydrogens (tertiary/aromatic N) is 3. The number of aromatic nitrogens is 2. The number of aryl methyl sites for hydroxylation is 1. The summed E-state index contributed by atoms with van der Waals surface area (Å²) in [6, 6.07) is 0.160. The fourth-order valence-corrected chi connectivity index (χ4v) is 3.82. The van der Waals surface area contributed by atoms with Crippen LogP contribution in [0.5, 0.6) is 0 Å². The number of imidazole rings is 1. The number of carbonyl (C=O) groups is 1. The van der Waals surface area contributed by atoms with Crippen molar-refractivity contribution >= 4 is 5.97 Å². The molecule has 1 saturated heterocycles. The molecule has 0 radical (unpaired) electrons. The predicted molar refractivity (Wildman–Crippen MR) is 80.4 cm³/mol. The summed E-state index contributed by atoms with van der Waals surface area (Å²) < 4.78 is 1.90. The Morgan fingerprint density at radius 2 is 2.24 bits per heavy atom. The zero-order valence-electron chi connectivity index (χ0n) is 12.8. The summed E-state index contributed by atoms with van der Waals surface area (Å²) in [5, 5.41) is 9.34. The van der Waals surface area contributed by atoms with Gasteiger partial charge in [0.2, 0.25) is 0 Å². The molecule has 5 nitrogen and oxygen atoms in total. The van der Waals surface area contributed by atoms with Crippen molar-refractivity contribution in [1.29, 1.82) is 0 Å². The lowest BCUT2D eigenvalue weighted by Gasteiger charge is -2.34. The summed E-state index contributed by atoms with van der Waals surface area (Å²) >= 11 is 0. The quantitative estimate of drug-likeness (QED) is 0.924. The van der Waals surface area contributed by atoms with Crippen molar-refractivity contribution in [2.75, 3.05) is 13.1 Å². The Morgan fingerprint density at radius 3 is 3.00 bits per heavy atom. The van der Waals surface area contributed by atoms with Gasteiger partial charge in [-0.3, -0.25) is 0 Å². The van der Waals surface area contributed by atoms with Gasteiger partial charge in [0.15, 0.2) is 0 Å². The zero-order chi connectivity index (χ0) is 14.8. The first-order chi connectivity index (χ1) is 10.2. The fraction of sp³-hybridized carbons (Fsp3) is 0.750. The molecule has 5 heteroatoms.